The predicted octanol–water partition coefficient (Wildman–Crippen LogP) is 4.51. The van der Waals surface area contributed by atoms with Gasteiger partial charge in [0, 0.05) is 16.4 Å². The van der Waals surface area contributed by atoms with E-state index in [1.54, 1.807) is 19.9 Å². The summed E-state index contributed by atoms with van der Waals surface area (Å²) in [6.07, 6.45) is 8.04. The number of rotatable bonds is 0. The van der Waals surface area contributed by atoms with Crippen molar-refractivity contribution >= 4 is 11.6 Å². The van der Waals surface area contributed by atoms with Crippen molar-refractivity contribution in [3.63, 3.8) is 0 Å². The quantitative estimate of drug-likeness (QED) is 0.503. The topological polar surface area (TPSA) is 94.8 Å². The summed E-state index contributed by atoms with van der Waals surface area (Å²) in [6, 6.07) is 0. The summed E-state index contributed by atoms with van der Waals surface area (Å²) in [5.41, 5.74) is 0.927. The van der Waals surface area contributed by atoms with Gasteiger partial charge < -0.3 is 15.3 Å². The van der Waals surface area contributed by atoms with Gasteiger partial charge in [0.2, 0.25) is 5.78 Å². The summed E-state index contributed by atoms with van der Waals surface area (Å²) in [6.45, 7) is 12.2. The van der Waals surface area contributed by atoms with Crippen LogP contribution in [-0.2, 0) is 9.59 Å². The minimum Gasteiger partial charge on any atom is -0.504 e. The molecule has 0 saturated heterocycles. The third kappa shape index (κ3) is 2.50. The predicted molar refractivity (Wildman–Crippen MR) is 125 cm³/mol. The standard InChI is InChI=1S/C28H36O5/c1-15-16-7-8-19-24(2,17(16)13-18(29)21(15)30)9-11-27(5)20-14-28(6,33)23(32)22(31)25(20,3)10-12-26(19,27)4/h7-8,13,20,23,30,32-33H,9-12,14H2,1-6H3. The molecular formula is C28H36O5. The normalized spacial score (nSPS) is 49.3. The Labute approximate surface area is 196 Å². The van der Waals surface area contributed by atoms with Crippen molar-refractivity contribution in [3.05, 3.63) is 46.3 Å². The second-order valence-electron chi connectivity index (χ2n) is 12.4. The van der Waals surface area contributed by atoms with Crippen molar-refractivity contribution in [2.24, 2.45) is 27.6 Å². The van der Waals surface area contributed by atoms with Gasteiger partial charge in [0.05, 0.1) is 5.60 Å². The lowest BCUT2D eigenvalue weighted by Crippen LogP contribution is -2.68. The first-order valence-electron chi connectivity index (χ1n) is 12.2. The maximum absolute atomic E-state index is 13.3. The van der Waals surface area contributed by atoms with Crippen LogP contribution in [0.4, 0.5) is 0 Å². The zero-order chi connectivity index (χ0) is 24.4. The van der Waals surface area contributed by atoms with Crippen LogP contribution < -0.4 is 0 Å². The first-order chi connectivity index (χ1) is 15.1. The molecule has 33 heavy (non-hydrogen) atoms. The van der Waals surface area contributed by atoms with E-state index < -0.39 is 17.1 Å². The van der Waals surface area contributed by atoms with E-state index in [4.69, 9.17) is 0 Å². The largest absolute Gasteiger partial charge is 0.504 e. The van der Waals surface area contributed by atoms with Crippen molar-refractivity contribution in [3.8, 4) is 0 Å². The van der Waals surface area contributed by atoms with Gasteiger partial charge in [-0.2, -0.15) is 0 Å². The van der Waals surface area contributed by atoms with Crippen LogP contribution in [0.15, 0.2) is 46.3 Å². The molecule has 3 fully saturated rings. The molecule has 7 unspecified atom stereocenters. The Balaban J connectivity index is 1.67. The number of fused-ring (bicyclic) bond motifs is 7. The fourth-order valence-corrected chi connectivity index (χ4v) is 8.35. The summed E-state index contributed by atoms with van der Waals surface area (Å²) in [4.78, 5) is 25.9. The van der Waals surface area contributed by atoms with Gasteiger partial charge in [-0.15, -0.1) is 0 Å². The molecule has 0 heterocycles. The Morgan fingerprint density at radius 2 is 1.64 bits per heavy atom. The zero-order valence-corrected chi connectivity index (χ0v) is 20.6. The number of hydrogen-bond donors (Lipinski definition) is 3. The van der Waals surface area contributed by atoms with E-state index in [9.17, 15) is 24.9 Å². The number of aliphatic hydroxyl groups excluding tert-OH is 2. The Hall–Kier alpha value is -1.98. The molecule has 0 bridgehead atoms. The molecule has 5 aliphatic rings. The zero-order valence-electron chi connectivity index (χ0n) is 20.6. The molecule has 0 aromatic rings. The summed E-state index contributed by atoms with van der Waals surface area (Å²) < 4.78 is 0. The Morgan fingerprint density at radius 3 is 2.30 bits per heavy atom. The van der Waals surface area contributed by atoms with Crippen LogP contribution in [0.5, 0.6) is 0 Å². The second-order valence-corrected chi connectivity index (χ2v) is 12.4. The minimum absolute atomic E-state index is 0.0573. The monoisotopic (exact) mass is 452 g/mol. The lowest BCUT2D eigenvalue weighted by Gasteiger charge is -2.69. The van der Waals surface area contributed by atoms with Crippen molar-refractivity contribution < 1.29 is 24.9 Å². The number of allylic oxidation sites excluding steroid dienone is 7. The minimum atomic E-state index is -1.44. The maximum Gasteiger partial charge on any atom is 0.220 e. The number of carbonyl (C=O) groups excluding carboxylic acids is 2. The van der Waals surface area contributed by atoms with E-state index in [0.29, 0.717) is 18.4 Å². The lowest BCUT2D eigenvalue weighted by atomic mass is 9.34. The molecule has 0 amide bonds. The Morgan fingerprint density at radius 1 is 0.970 bits per heavy atom. The molecule has 178 valence electrons. The van der Waals surface area contributed by atoms with Gasteiger partial charge in [-0.05, 0) is 79.9 Å². The molecule has 3 N–H and O–H groups in total. The van der Waals surface area contributed by atoms with E-state index >= 15 is 0 Å². The van der Waals surface area contributed by atoms with E-state index in [1.165, 1.54) is 5.57 Å². The van der Waals surface area contributed by atoms with Crippen LogP contribution in [0.1, 0.15) is 73.6 Å². The number of hydrogen-bond acceptors (Lipinski definition) is 5. The van der Waals surface area contributed by atoms with E-state index in [1.807, 2.05) is 13.0 Å². The van der Waals surface area contributed by atoms with Gasteiger partial charge in [0.15, 0.2) is 11.5 Å². The summed E-state index contributed by atoms with van der Waals surface area (Å²) in [5.74, 6) is -0.790. The molecule has 0 radical (unpaired) electrons. The molecule has 5 nitrogen and oxygen atoms in total. The summed E-state index contributed by atoms with van der Waals surface area (Å²) in [5, 5.41) is 31.9. The van der Waals surface area contributed by atoms with Crippen molar-refractivity contribution in [2.75, 3.05) is 0 Å². The molecule has 0 aromatic heterocycles. The van der Waals surface area contributed by atoms with Crippen LogP contribution in [-0.4, -0.2) is 38.6 Å². The molecule has 5 heteroatoms. The fraction of sp³-hybridized carbons (Fsp3) is 0.643. The van der Waals surface area contributed by atoms with Gasteiger partial charge in [0.1, 0.15) is 6.10 Å². The SMILES string of the molecule is CC1=C(O)C(=O)C=C2C1=CC=C1C2(C)CCC2(C)C3CC(C)(O)C(O)C(=O)C3(C)CCC12C. The first-order valence-corrected chi connectivity index (χ1v) is 12.2. The Kier molecular flexibility index (Phi) is 4.40. The highest BCUT2D eigenvalue weighted by molar-refractivity contribution is 6.06. The first kappa shape index (κ1) is 22.8. The highest BCUT2D eigenvalue weighted by Gasteiger charge is 2.70. The highest BCUT2D eigenvalue weighted by atomic mass is 16.3. The number of aliphatic hydroxyl groups is 3. The molecule has 0 aromatic carbocycles. The summed E-state index contributed by atoms with van der Waals surface area (Å²) >= 11 is 0. The van der Waals surface area contributed by atoms with Crippen LogP contribution in [0.2, 0.25) is 0 Å². The molecule has 7 atom stereocenters. The number of Topliss-reactive ketones (excluding diaryl/α,β-unsaturated/α-hetero) is 1. The van der Waals surface area contributed by atoms with E-state index in [-0.39, 0.29) is 39.5 Å². The van der Waals surface area contributed by atoms with Gasteiger partial charge in [-0.3, -0.25) is 9.59 Å². The molecule has 5 rings (SSSR count). The second kappa shape index (κ2) is 6.37. The lowest BCUT2D eigenvalue weighted by molar-refractivity contribution is -0.208. The van der Waals surface area contributed by atoms with Crippen molar-refractivity contribution in [1.82, 2.24) is 0 Å². The average Bonchev–Trinajstić information content (AvgIpc) is 2.75. The number of ketones is 2. The van der Waals surface area contributed by atoms with Crippen LogP contribution in [0.25, 0.3) is 0 Å². The van der Waals surface area contributed by atoms with Gasteiger partial charge in [-0.25, -0.2) is 0 Å². The van der Waals surface area contributed by atoms with Crippen LogP contribution >= 0.6 is 0 Å². The summed E-state index contributed by atoms with van der Waals surface area (Å²) in [7, 11) is 0. The van der Waals surface area contributed by atoms with Crippen LogP contribution in [0.3, 0.4) is 0 Å². The maximum atomic E-state index is 13.3. The number of carbonyl (C=O) groups is 2. The highest BCUT2D eigenvalue weighted by Crippen LogP contribution is 2.74. The van der Waals surface area contributed by atoms with Crippen molar-refractivity contribution in [1.29, 1.82) is 0 Å². The fourth-order valence-electron chi connectivity index (χ4n) is 8.35. The molecular weight excluding hydrogens is 416 g/mol. The molecule has 5 aliphatic carbocycles. The third-order valence-electron chi connectivity index (χ3n) is 10.9. The average molecular weight is 453 g/mol. The van der Waals surface area contributed by atoms with Gasteiger partial charge in [-0.1, -0.05) is 45.4 Å². The van der Waals surface area contributed by atoms with Gasteiger partial charge in [0.25, 0.3) is 0 Å². The van der Waals surface area contributed by atoms with E-state index in [0.717, 1.165) is 30.4 Å². The molecule has 0 aliphatic heterocycles. The van der Waals surface area contributed by atoms with Gasteiger partial charge >= 0.3 is 0 Å². The van der Waals surface area contributed by atoms with Crippen molar-refractivity contribution in [2.45, 2.75) is 85.4 Å². The molecule has 0 spiro atoms. The smallest absolute Gasteiger partial charge is 0.220 e. The Bertz CT molecular complexity index is 1120. The van der Waals surface area contributed by atoms with E-state index in [2.05, 4.69) is 26.8 Å². The van der Waals surface area contributed by atoms with Crippen LogP contribution in [0, 0.1) is 27.6 Å². The third-order valence-corrected chi connectivity index (χ3v) is 10.9. The molecule has 3 saturated carbocycles.